The molecule has 4 heteroatoms. The molecule has 1 N–H and O–H groups in total. The molecule has 1 aromatic heterocycles. The maximum atomic E-state index is 11.9. The summed E-state index contributed by atoms with van der Waals surface area (Å²) in [5.74, 6) is 0.196. The van der Waals surface area contributed by atoms with Gasteiger partial charge in [-0.1, -0.05) is 102 Å². The van der Waals surface area contributed by atoms with E-state index in [1.807, 2.05) is 17.1 Å². The van der Waals surface area contributed by atoms with Crippen LogP contribution in [0.25, 0.3) is 0 Å². The fraction of sp³-hybridized carbons (Fsp3) is 0.724. The van der Waals surface area contributed by atoms with Gasteiger partial charge in [-0.15, -0.1) is 0 Å². The van der Waals surface area contributed by atoms with Gasteiger partial charge in [0.05, 0.1) is 6.33 Å². The van der Waals surface area contributed by atoms with Crippen LogP contribution in [0.5, 0.6) is 0 Å². The predicted molar refractivity (Wildman–Crippen MR) is 142 cm³/mol. The highest BCUT2D eigenvalue weighted by Gasteiger charge is 2.00. The average molecular weight is 458 g/mol. The minimum Gasteiger partial charge on any atom is -0.356 e. The van der Waals surface area contributed by atoms with E-state index in [9.17, 15) is 4.79 Å². The lowest BCUT2D eigenvalue weighted by molar-refractivity contribution is -0.121. The van der Waals surface area contributed by atoms with Crippen molar-refractivity contribution in [3.05, 3.63) is 43.0 Å². The van der Waals surface area contributed by atoms with Crippen LogP contribution >= 0.6 is 0 Å². The molecule has 0 aliphatic heterocycles. The van der Waals surface area contributed by atoms with E-state index in [1.54, 1.807) is 6.20 Å². The van der Waals surface area contributed by atoms with Crippen LogP contribution in [0, 0.1) is 0 Å². The molecule has 188 valence electrons. The van der Waals surface area contributed by atoms with Crippen LogP contribution in [0.1, 0.15) is 122 Å². The molecule has 0 atom stereocenters. The Hall–Kier alpha value is -1.84. The molecule has 0 bridgehead atoms. The number of nitrogens with one attached hydrogen (secondary N) is 1. The summed E-state index contributed by atoms with van der Waals surface area (Å²) in [7, 11) is 0. The van der Waals surface area contributed by atoms with Crippen LogP contribution in [-0.4, -0.2) is 22.0 Å². The molecule has 0 fully saturated rings. The van der Waals surface area contributed by atoms with E-state index < -0.39 is 0 Å². The number of carbonyl (C=O) groups is 1. The summed E-state index contributed by atoms with van der Waals surface area (Å²) in [5, 5.41) is 3.02. The second-order valence-corrected chi connectivity index (χ2v) is 9.28. The van der Waals surface area contributed by atoms with Crippen LogP contribution < -0.4 is 5.32 Å². The number of carbonyl (C=O) groups excluding carboxylic acids is 1. The summed E-state index contributed by atoms with van der Waals surface area (Å²) in [6.45, 7) is 3.94. The third-order valence-corrected chi connectivity index (χ3v) is 6.11. The topological polar surface area (TPSA) is 46.9 Å². The van der Waals surface area contributed by atoms with Crippen LogP contribution in [-0.2, 0) is 11.3 Å². The monoisotopic (exact) mass is 457 g/mol. The van der Waals surface area contributed by atoms with E-state index in [-0.39, 0.29) is 5.91 Å². The van der Waals surface area contributed by atoms with Crippen LogP contribution in [0.2, 0.25) is 0 Å². The van der Waals surface area contributed by atoms with Gasteiger partial charge < -0.3 is 9.88 Å². The van der Waals surface area contributed by atoms with Gasteiger partial charge in [0, 0.05) is 31.9 Å². The quantitative estimate of drug-likeness (QED) is 0.133. The van der Waals surface area contributed by atoms with Crippen molar-refractivity contribution in [2.75, 3.05) is 6.54 Å². The molecule has 0 spiro atoms. The zero-order chi connectivity index (χ0) is 23.7. The molecular weight excluding hydrogens is 406 g/mol. The summed E-state index contributed by atoms with van der Waals surface area (Å²) < 4.78 is 2.04. The Labute approximate surface area is 204 Å². The summed E-state index contributed by atoms with van der Waals surface area (Å²) in [6, 6.07) is 0. The zero-order valence-corrected chi connectivity index (χ0v) is 21.5. The van der Waals surface area contributed by atoms with Gasteiger partial charge >= 0.3 is 0 Å². The van der Waals surface area contributed by atoms with Gasteiger partial charge in [-0.25, -0.2) is 4.98 Å². The Morgan fingerprint density at radius 3 is 1.94 bits per heavy atom. The summed E-state index contributed by atoms with van der Waals surface area (Å²) in [4.78, 5) is 15.9. The highest BCUT2D eigenvalue weighted by molar-refractivity contribution is 5.75. The third-order valence-electron chi connectivity index (χ3n) is 6.11. The van der Waals surface area contributed by atoms with Gasteiger partial charge in [-0.2, -0.15) is 0 Å². The number of amides is 1. The second-order valence-electron chi connectivity index (χ2n) is 9.28. The van der Waals surface area contributed by atoms with Gasteiger partial charge in [0.2, 0.25) is 5.91 Å². The van der Waals surface area contributed by atoms with E-state index in [2.05, 4.69) is 41.5 Å². The van der Waals surface area contributed by atoms with Crippen LogP contribution in [0.3, 0.4) is 0 Å². The number of rotatable bonds is 23. The zero-order valence-electron chi connectivity index (χ0n) is 21.5. The van der Waals surface area contributed by atoms with Crippen molar-refractivity contribution >= 4 is 5.91 Å². The van der Waals surface area contributed by atoms with Crippen molar-refractivity contribution in [2.24, 2.45) is 0 Å². The van der Waals surface area contributed by atoms with Gasteiger partial charge in [0.25, 0.3) is 0 Å². The Balaban J connectivity index is 1.76. The third kappa shape index (κ3) is 20.5. The SMILES string of the molecule is CCCCCCCCCCC=CC=CCCCCCCCCC(=O)NCCCn1ccnc1. The molecule has 1 amide bonds. The van der Waals surface area contributed by atoms with E-state index >= 15 is 0 Å². The van der Waals surface area contributed by atoms with Crippen molar-refractivity contribution < 1.29 is 4.79 Å². The Morgan fingerprint density at radius 2 is 1.36 bits per heavy atom. The largest absolute Gasteiger partial charge is 0.356 e. The maximum Gasteiger partial charge on any atom is 0.219 e. The molecule has 0 radical (unpaired) electrons. The predicted octanol–water partition coefficient (Wildman–Crippen LogP) is 8.15. The smallest absolute Gasteiger partial charge is 0.219 e. The number of aryl methyl sites for hydroxylation is 1. The Bertz CT molecular complexity index is 592. The molecule has 0 saturated carbocycles. The summed E-state index contributed by atoms with van der Waals surface area (Å²) in [6.07, 6.45) is 37.1. The number of imidazole rings is 1. The van der Waals surface area contributed by atoms with Crippen LogP contribution in [0.4, 0.5) is 0 Å². The van der Waals surface area contributed by atoms with Gasteiger partial charge in [0.1, 0.15) is 0 Å². The first kappa shape index (κ1) is 29.2. The lowest BCUT2D eigenvalue weighted by atomic mass is 10.1. The number of hydrogen-bond donors (Lipinski definition) is 1. The fourth-order valence-corrected chi connectivity index (χ4v) is 4.00. The highest BCUT2D eigenvalue weighted by atomic mass is 16.1. The molecule has 0 aromatic carbocycles. The first-order chi connectivity index (χ1) is 16.3. The lowest BCUT2D eigenvalue weighted by Crippen LogP contribution is -2.24. The molecule has 1 heterocycles. The number of hydrogen-bond acceptors (Lipinski definition) is 2. The van der Waals surface area contributed by atoms with Crippen molar-refractivity contribution in [1.29, 1.82) is 0 Å². The molecule has 0 aliphatic carbocycles. The number of unbranched alkanes of at least 4 members (excludes halogenated alkanes) is 14. The normalized spacial score (nSPS) is 11.7. The lowest BCUT2D eigenvalue weighted by Gasteiger charge is -2.06. The molecule has 4 nitrogen and oxygen atoms in total. The fourth-order valence-electron chi connectivity index (χ4n) is 4.00. The van der Waals surface area contributed by atoms with Gasteiger partial charge in [0.15, 0.2) is 0 Å². The van der Waals surface area contributed by atoms with Crippen molar-refractivity contribution in [2.45, 2.75) is 129 Å². The minimum absolute atomic E-state index is 0.196. The van der Waals surface area contributed by atoms with Gasteiger partial charge in [-0.05, 0) is 38.5 Å². The highest BCUT2D eigenvalue weighted by Crippen LogP contribution is 2.10. The molecular formula is C29H51N3O. The molecule has 0 saturated heterocycles. The van der Waals surface area contributed by atoms with E-state index in [0.29, 0.717) is 6.42 Å². The first-order valence-corrected chi connectivity index (χ1v) is 13.9. The molecule has 0 aliphatic rings. The number of nitrogens with zero attached hydrogens (tertiary/aromatic N) is 2. The standard InChI is InChI=1S/C29H51N3O/c1-2-3-4-5-6-7-8-9-10-11-12-13-14-15-16-17-18-19-20-21-23-29(33)31-24-22-26-32-27-25-30-28-32/h11-14,25,27-28H,2-10,15-24,26H2,1H3,(H,31,33). The van der Waals surface area contributed by atoms with Crippen LogP contribution in [0.15, 0.2) is 43.0 Å². The Kier molecular flexibility index (Phi) is 20.6. The first-order valence-electron chi connectivity index (χ1n) is 13.9. The number of aromatic nitrogens is 2. The Morgan fingerprint density at radius 1 is 0.788 bits per heavy atom. The van der Waals surface area contributed by atoms with Crippen molar-refractivity contribution in [1.82, 2.24) is 14.9 Å². The van der Waals surface area contributed by atoms with Gasteiger partial charge in [-0.3, -0.25) is 4.79 Å². The molecule has 33 heavy (non-hydrogen) atoms. The maximum absolute atomic E-state index is 11.9. The van der Waals surface area contributed by atoms with Crippen molar-refractivity contribution in [3.63, 3.8) is 0 Å². The second kappa shape index (κ2) is 23.3. The van der Waals surface area contributed by atoms with E-state index in [1.165, 1.54) is 96.3 Å². The van der Waals surface area contributed by atoms with E-state index in [0.717, 1.165) is 25.9 Å². The molecule has 1 rings (SSSR count). The molecule has 0 unspecified atom stereocenters. The minimum atomic E-state index is 0.196. The molecule has 1 aromatic rings. The average Bonchev–Trinajstić information content (AvgIpc) is 3.34. The van der Waals surface area contributed by atoms with E-state index in [4.69, 9.17) is 0 Å². The van der Waals surface area contributed by atoms with Crippen molar-refractivity contribution in [3.8, 4) is 0 Å². The summed E-state index contributed by atoms with van der Waals surface area (Å²) >= 11 is 0. The summed E-state index contributed by atoms with van der Waals surface area (Å²) in [5.41, 5.74) is 0. The number of allylic oxidation sites excluding steroid dienone is 4.